The quantitative estimate of drug-likeness (QED) is 0.666. The normalized spacial score (nSPS) is 14.6. The lowest BCUT2D eigenvalue weighted by atomic mass is 9.88. The van der Waals surface area contributed by atoms with Crippen molar-refractivity contribution >= 4 is 12.0 Å². The van der Waals surface area contributed by atoms with Gasteiger partial charge in [-0.05, 0) is 31.1 Å². The van der Waals surface area contributed by atoms with Gasteiger partial charge < -0.3 is 15.7 Å². The van der Waals surface area contributed by atoms with E-state index < -0.39 is 5.97 Å². The number of hydrogen-bond acceptors (Lipinski definition) is 2. The summed E-state index contributed by atoms with van der Waals surface area (Å²) in [7, 11) is 0. The molecule has 0 aromatic rings. The van der Waals surface area contributed by atoms with Crippen LogP contribution in [0.25, 0.3) is 0 Å². The molecule has 2 unspecified atom stereocenters. The third kappa shape index (κ3) is 9.33. The first kappa shape index (κ1) is 17.7. The van der Waals surface area contributed by atoms with Gasteiger partial charge in [0, 0.05) is 19.0 Å². The Bertz CT molecular complexity index is 298. The molecule has 5 heteroatoms. The molecular weight excluding hydrogens is 244 g/mol. The van der Waals surface area contributed by atoms with E-state index in [4.69, 9.17) is 5.11 Å². The van der Waals surface area contributed by atoms with E-state index in [1.807, 2.05) is 13.8 Å². The highest BCUT2D eigenvalue weighted by atomic mass is 16.4. The van der Waals surface area contributed by atoms with Gasteiger partial charge in [-0.15, -0.1) is 0 Å². The van der Waals surface area contributed by atoms with E-state index in [0.717, 1.165) is 6.42 Å². The summed E-state index contributed by atoms with van der Waals surface area (Å²) in [6, 6.07) is -0.0650. The van der Waals surface area contributed by atoms with Crippen molar-refractivity contribution in [3.05, 3.63) is 0 Å². The second-order valence-electron chi connectivity index (χ2n) is 6.31. The molecule has 0 bridgehead atoms. The zero-order chi connectivity index (χ0) is 15.1. The van der Waals surface area contributed by atoms with Gasteiger partial charge >= 0.3 is 12.0 Å². The van der Waals surface area contributed by atoms with Crippen LogP contribution >= 0.6 is 0 Å². The number of aliphatic carboxylic acids is 1. The van der Waals surface area contributed by atoms with Gasteiger partial charge in [0.1, 0.15) is 0 Å². The van der Waals surface area contributed by atoms with Crippen molar-refractivity contribution in [2.75, 3.05) is 6.54 Å². The van der Waals surface area contributed by atoms with Crippen molar-refractivity contribution in [1.82, 2.24) is 10.6 Å². The van der Waals surface area contributed by atoms with Crippen LogP contribution < -0.4 is 10.6 Å². The summed E-state index contributed by atoms with van der Waals surface area (Å²) in [6.07, 6.45) is 1.63. The Labute approximate surface area is 116 Å². The minimum absolute atomic E-state index is 0.0338. The van der Waals surface area contributed by atoms with E-state index >= 15 is 0 Å². The van der Waals surface area contributed by atoms with Crippen LogP contribution in [0.15, 0.2) is 0 Å². The van der Waals surface area contributed by atoms with E-state index in [9.17, 15) is 9.59 Å². The molecule has 0 radical (unpaired) electrons. The highest BCUT2D eigenvalue weighted by Crippen LogP contribution is 2.18. The summed E-state index contributed by atoms with van der Waals surface area (Å²) in [5.41, 5.74) is 0.0338. The maximum absolute atomic E-state index is 11.6. The van der Waals surface area contributed by atoms with E-state index in [2.05, 4.69) is 31.4 Å². The van der Waals surface area contributed by atoms with E-state index in [0.29, 0.717) is 18.9 Å². The fourth-order valence-electron chi connectivity index (χ4n) is 1.41. The number of hydrogen-bond donors (Lipinski definition) is 3. The second-order valence-corrected chi connectivity index (χ2v) is 6.31. The molecule has 0 spiro atoms. The molecule has 0 aromatic carbocycles. The second kappa shape index (κ2) is 8.02. The highest BCUT2D eigenvalue weighted by molar-refractivity contribution is 5.74. The molecule has 5 nitrogen and oxygen atoms in total. The maximum atomic E-state index is 11.6. The molecule has 0 rings (SSSR count). The zero-order valence-electron chi connectivity index (χ0n) is 12.7. The van der Waals surface area contributed by atoms with E-state index in [1.165, 1.54) is 0 Å². The Morgan fingerprint density at radius 3 is 2.21 bits per heavy atom. The smallest absolute Gasteiger partial charge is 0.315 e. The van der Waals surface area contributed by atoms with Crippen LogP contribution in [0, 0.1) is 11.3 Å². The van der Waals surface area contributed by atoms with Gasteiger partial charge in [0.05, 0.1) is 0 Å². The molecule has 112 valence electrons. The molecule has 19 heavy (non-hydrogen) atoms. The lowest BCUT2D eigenvalue weighted by Gasteiger charge is -2.28. The first-order chi connectivity index (χ1) is 8.62. The van der Waals surface area contributed by atoms with Gasteiger partial charge in [0.25, 0.3) is 0 Å². The van der Waals surface area contributed by atoms with Crippen LogP contribution in [0.4, 0.5) is 4.79 Å². The van der Waals surface area contributed by atoms with Gasteiger partial charge in [-0.1, -0.05) is 27.7 Å². The van der Waals surface area contributed by atoms with Crippen molar-refractivity contribution in [2.45, 2.75) is 59.9 Å². The van der Waals surface area contributed by atoms with Crippen molar-refractivity contribution in [3.8, 4) is 0 Å². The molecule has 2 atom stereocenters. The fraction of sp³-hybridized carbons (Fsp3) is 0.857. The number of carbonyl (C=O) groups is 2. The monoisotopic (exact) mass is 272 g/mol. The summed E-state index contributed by atoms with van der Waals surface area (Å²) in [6.45, 7) is 10.8. The Morgan fingerprint density at radius 2 is 1.74 bits per heavy atom. The van der Waals surface area contributed by atoms with Gasteiger partial charge in [0.2, 0.25) is 0 Å². The van der Waals surface area contributed by atoms with Crippen LogP contribution in [-0.2, 0) is 4.79 Å². The maximum Gasteiger partial charge on any atom is 0.315 e. The number of nitrogens with one attached hydrogen (secondary N) is 2. The third-order valence-corrected chi connectivity index (χ3v) is 3.42. The first-order valence-corrected chi connectivity index (χ1v) is 6.89. The molecule has 0 aliphatic heterocycles. The van der Waals surface area contributed by atoms with Gasteiger partial charge in [-0.25, -0.2) is 4.79 Å². The third-order valence-electron chi connectivity index (χ3n) is 3.42. The topological polar surface area (TPSA) is 78.4 Å². The molecule has 0 saturated carbocycles. The van der Waals surface area contributed by atoms with Crippen LogP contribution in [0.1, 0.15) is 53.9 Å². The molecule has 2 amide bonds. The molecule has 0 fully saturated rings. The Kier molecular flexibility index (Phi) is 7.49. The number of carbonyl (C=O) groups excluding carboxylic acids is 1. The summed E-state index contributed by atoms with van der Waals surface area (Å²) >= 11 is 0. The van der Waals surface area contributed by atoms with Crippen LogP contribution in [0.3, 0.4) is 0 Å². The summed E-state index contributed by atoms with van der Waals surface area (Å²) in [5.74, 6) is -0.465. The average Bonchev–Trinajstić information content (AvgIpc) is 2.24. The molecule has 3 N–H and O–H groups in total. The Morgan fingerprint density at radius 1 is 1.16 bits per heavy atom. The van der Waals surface area contributed by atoms with E-state index in [1.54, 1.807) is 0 Å². The largest absolute Gasteiger partial charge is 0.481 e. The van der Waals surface area contributed by atoms with Crippen LogP contribution in [0.2, 0.25) is 0 Å². The number of carboxylic acids is 1. The number of urea groups is 1. The standard InChI is InChI=1S/C14H28N2O3/c1-10(6-7-12(17)18)8-9-15-13(19)16-11(2)14(3,4)5/h10-11H,6-9H2,1-5H3,(H,17,18)(H2,15,16,19). The summed E-state index contributed by atoms with van der Waals surface area (Å²) < 4.78 is 0. The van der Waals surface area contributed by atoms with Gasteiger partial charge in [0.15, 0.2) is 0 Å². The Hall–Kier alpha value is -1.26. The molecule has 0 aromatic heterocycles. The predicted octanol–water partition coefficient (Wildman–Crippen LogP) is 2.61. The van der Waals surface area contributed by atoms with Crippen molar-refractivity contribution < 1.29 is 14.7 Å². The Balaban J connectivity index is 3.77. The molecule has 0 aliphatic carbocycles. The van der Waals surface area contributed by atoms with Crippen molar-refractivity contribution in [3.63, 3.8) is 0 Å². The number of carboxylic acid groups (broad SMARTS) is 1. The predicted molar refractivity (Wildman–Crippen MR) is 76.1 cm³/mol. The average molecular weight is 272 g/mol. The van der Waals surface area contributed by atoms with Crippen molar-refractivity contribution in [2.24, 2.45) is 11.3 Å². The zero-order valence-corrected chi connectivity index (χ0v) is 12.7. The minimum Gasteiger partial charge on any atom is -0.481 e. The minimum atomic E-state index is -0.767. The number of amides is 2. The van der Waals surface area contributed by atoms with Crippen LogP contribution in [-0.4, -0.2) is 29.7 Å². The molecule has 0 heterocycles. The highest BCUT2D eigenvalue weighted by Gasteiger charge is 2.21. The summed E-state index contributed by atoms with van der Waals surface area (Å²) in [5, 5.41) is 14.3. The van der Waals surface area contributed by atoms with Crippen LogP contribution in [0.5, 0.6) is 0 Å². The lowest BCUT2D eigenvalue weighted by Crippen LogP contribution is -2.46. The SMILES string of the molecule is CC(CCNC(=O)NC(C)C(C)(C)C)CCC(=O)O. The first-order valence-electron chi connectivity index (χ1n) is 6.89. The fourth-order valence-corrected chi connectivity index (χ4v) is 1.41. The summed E-state index contributed by atoms with van der Waals surface area (Å²) in [4.78, 5) is 22.1. The molecule has 0 aliphatic rings. The number of rotatable bonds is 7. The molecular formula is C14H28N2O3. The van der Waals surface area contributed by atoms with Crippen molar-refractivity contribution in [1.29, 1.82) is 0 Å². The van der Waals surface area contributed by atoms with E-state index in [-0.39, 0.29) is 23.9 Å². The lowest BCUT2D eigenvalue weighted by molar-refractivity contribution is -0.137. The van der Waals surface area contributed by atoms with Gasteiger partial charge in [-0.3, -0.25) is 4.79 Å². The van der Waals surface area contributed by atoms with Gasteiger partial charge in [-0.2, -0.15) is 0 Å². The molecule has 0 saturated heterocycles.